The van der Waals surface area contributed by atoms with Crippen LogP contribution in [0.3, 0.4) is 0 Å². The van der Waals surface area contributed by atoms with E-state index in [-0.39, 0.29) is 0 Å². The molecule has 0 saturated heterocycles. The van der Waals surface area contributed by atoms with Gasteiger partial charge in [0.25, 0.3) is 0 Å². The van der Waals surface area contributed by atoms with Crippen LogP contribution in [0.2, 0.25) is 0 Å². The molecule has 2 rings (SSSR count). The van der Waals surface area contributed by atoms with Crippen molar-refractivity contribution in [1.82, 2.24) is 15.1 Å². The highest BCUT2D eigenvalue weighted by atomic mass is 32.2. The minimum absolute atomic E-state index is 0.626. The summed E-state index contributed by atoms with van der Waals surface area (Å²) < 4.78 is 13.0. The molecule has 1 fully saturated rings. The summed E-state index contributed by atoms with van der Waals surface area (Å²) in [6.07, 6.45) is 10.1. The van der Waals surface area contributed by atoms with Crippen LogP contribution in [0, 0.1) is 0 Å². The molecule has 5 heteroatoms. The maximum absolute atomic E-state index is 10.9. The molecule has 0 aromatic carbocycles. The lowest BCUT2D eigenvalue weighted by molar-refractivity contribution is 0.461. The molecule has 1 aliphatic rings. The lowest BCUT2D eigenvalue weighted by atomic mass is 10.3. The maximum Gasteiger partial charge on any atom is 0.0762 e. The van der Waals surface area contributed by atoms with Crippen molar-refractivity contribution in [2.75, 3.05) is 18.6 Å². The van der Waals surface area contributed by atoms with Crippen molar-refractivity contribution in [2.45, 2.75) is 44.7 Å². The zero-order valence-corrected chi connectivity index (χ0v) is 11.9. The maximum atomic E-state index is 10.9. The van der Waals surface area contributed by atoms with Gasteiger partial charge in [0, 0.05) is 35.5 Å². The van der Waals surface area contributed by atoms with Crippen LogP contribution in [0.1, 0.15) is 43.8 Å². The molecule has 102 valence electrons. The largest absolute Gasteiger partial charge is 0.311 e. The summed E-state index contributed by atoms with van der Waals surface area (Å²) in [7, 11) is -0.671. The second-order valence-corrected chi connectivity index (χ2v) is 6.59. The third-order valence-corrected chi connectivity index (χ3v) is 4.32. The zero-order chi connectivity index (χ0) is 12.8. The Labute approximate surface area is 112 Å². The molecule has 0 aliphatic heterocycles. The average Bonchev–Trinajstić information content (AvgIpc) is 2.98. The number of hydrogen-bond acceptors (Lipinski definition) is 3. The molecule has 1 heterocycles. The second-order valence-electron chi connectivity index (χ2n) is 5.03. The van der Waals surface area contributed by atoms with Gasteiger partial charge in [-0.25, -0.2) is 0 Å². The summed E-state index contributed by atoms with van der Waals surface area (Å²) in [5.74, 6) is 0.781. The second kappa shape index (κ2) is 7.04. The fourth-order valence-electron chi connectivity index (χ4n) is 2.46. The Morgan fingerprint density at radius 2 is 2.28 bits per heavy atom. The van der Waals surface area contributed by atoms with E-state index in [0.29, 0.717) is 6.04 Å². The van der Waals surface area contributed by atoms with E-state index in [1.807, 2.05) is 0 Å². The van der Waals surface area contributed by atoms with E-state index in [0.717, 1.165) is 31.0 Å². The van der Waals surface area contributed by atoms with Crippen LogP contribution in [-0.4, -0.2) is 32.5 Å². The minimum Gasteiger partial charge on any atom is -0.311 e. The van der Waals surface area contributed by atoms with E-state index in [2.05, 4.69) is 27.4 Å². The van der Waals surface area contributed by atoms with Gasteiger partial charge in [-0.2, -0.15) is 5.10 Å². The number of nitrogens with zero attached hydrogens (tertiary/aromatic N) is 2. The van der Waals surface area contributed by atoms with Crippen molar-refractivity contribution >= 4 is 10.8 Å². The van der Waals surface area contributed by atoms with Crippen molar-refractivity contribution in [2.24, 2.45) is 0 Å². The zero-order valence-electron chi connectivity index (χ0n) is 11.1. The Morgan fingerprint density at radius 1 is 1.50 bits per heavy atom. The normalized spacial score (nSPS) is 18.3. The molecule has 1 aromatic rings. The molecule has 1 N–H and O–H groups in total. The first-order chi connectivity index (χ1) is 8.75. The van der Waals surface area contributed by atoms with E-state index in [4.69, 9.17) is 0 Å². The lowest BCUT2D eigenvalue weighted by Crippen LogP contribution is -2.17. The molecule has 1 unspecified atom stereocenters. The van der Waals surface area contributed by atoms with E-state index in [1.54, 1.807) is 6.26 Å². The Bertz CT molecular complexity index is 385. The van der Waals surface area contributed by atoms with Gasteiger partial charge in [0.05, 0.1) is 11.7 Å². The van der Waals surface area contributed by atoms with Gasteiger partial charge in [0.1, 0.15) is 0 Å². The van der Waals surface area contributed by atoms with Crippen molar-refractivity contribution in [1.29, 1.82) is 0 Å². The first kappa shape index (κ1) is 13.7. The van der Waals surface area contributed by atoms with Gasteiger partial charge in [0.2, 0.25) is 0 Å². The first-order valence-electron chi connectivity index (χ1n) is 6.80. The van der Waals surface area contributed by atoms with Crippen LogP contribution in [0.25, 0.3) is 0 Å². The predicted octanol–water partition coefficient (Wildman–Crippen LogP) is 1.86. The van der Waals surface area contributed by atoms with Crippen LogP contribution in [0.4, 0.5) is 0 Å². The van der Waals surface area contributed by atoms with Gasteiger partial charge in [-0.15, -0.1) is 0 Å². The topological polar surface area (TPSA) is 46.9 Å². The summed E-state index contributed by atoms with van der Waals surface area (Å²) >= 11 is 0. The van der Waals surface area contributed by atoms with Gasteiger partial charge < -0.3 is 5.32 Å². The van der Waals surface area contributed by atoms with Crippen LogP contribution in [-0.2, 0) is 17.3 Å². The molecule has 0 bridgehead atoms. The highest BCUT2D eigenvalue weighted by Crippen LogP contribution is 2.28. The Balaban J connectivity index is 1.68. The van der Waals surface area contributed by atoms with E-state index in [1.165, 1.54) is 25.7 Å². The van der Waals surface area contributed by atoms with E-state index >= 15 is 0 Å². The Hall–Kier alpha value is -0.680. The molecule has 0 amide bonds. The quantitative estimate of drug-likeness (QED) is 0.769. The molecular weight excluding hydrogens is 246 g/mol. The van der Waals surface area contributed by atoms with Crippen LogP contribution < -0.4 is 5.32 Å². The standard InChI is InChI=1S/C13H23N3OS/c1-18(17)10-4-8-14-11-12-7-9-16(15-12)13-5-2-3-6-13/h7,9,13-14H,2-6,8,10-11H2,1H3. The fraction of sp³-hybridized carbons (Fsp3) is 0.769. The number of hydrogen-bond donors (Lipinski definition) is 1. The highest BCUT2D eigenvalue weighted by Gasteiger charge is 2.17. The van der Waals surface area contributed by atoms with Crippen molar-refractivity contribution < 1.29 is 4.21 Å². The third-order valence-electron chi connectivity index (χ3n) is 3.45. The summed E-state index contributed by atoms with van der Waals surface area (Å²) in [6, 6.07) is 2.73. The predicted molar refractivity (Wildman–Crippen MR) is 75.0 cm³/mol. The number of aromatic nitrogens is 2. The molecule has 0 radical (unpaired) electrons. The first-order valence-corrected chi connectivity index (χ1v) is 8.53. The van der Waals surface area contributed by atoms with Crippen LogP contribution in [0.15, 0.2) is 12.3 Å². The summed E-state index contributed by atoms with van der Waals surface area (Å²) in [4.78, 5) is 0. The highest BCUT2D eigenvalue weighted by molar-refractivity contribution is 7.84. The SMILES string of the molecule is CS(=O)CCCNCc1ccn(C2CCCC2)n1. The summed E-state index contributed by atoms with van der Waals surface area (Å²) in [5, 5.41) is 7.97. The van der Waals surface area contributed by atoms with Gasteiger partial charge >= 0.3 is 0 Å². The van der Waals surface area contributed by atoms with Crippen molar-refractivity contribution in [3.05, 3.63) is 18.0 Å². The summed E-state index contributed by atoms with van der Waals surface area (Å²) in [5.41, 5.74) is 1.11. The van der Waals surface area contributed by atoms with Crippen molar-refractivity contribution in [3.8, 4) is 0 Å². The molecular formula is C13H23N3OS. The Morgan fingerprint density at radius 3 is 3.00 bits per heavy atom. The average molecular weight is 269 g/mol. The third kappa shape index (κ3) is 4.21. The fourth-order valence-corrected chi connectivity index (χ4v) is 3.01. The van der Waals surface area contributed by atoms with Crippen LogP contribution >= 0.6 is 0 Å². The smallest absolute Gasteiger partial charge is 0.0762 e. The molecule has 18 heavy (non-hydrogen) atoms. The molecule has 4 nitrogen and oxygen atoms in total. The molecule has 1 aliphatic carbocycles. The lowest BCUT2D eigenvalue weighted by Gasteiger charge is -2.08. The number of rotatable bonds is 7. The summed E-state index contributed by atoms with van der Waals surface area (Å²) in [6.45, 7) is 1.73. The van der Waals surface area contributed by atoms with Crippen molar-refractivity contribution in [3.63, 3.8) is 0 Å². The minimum atomic E-state index is -0.671. The van der Waals surface area contributed by atoms with E-state index in [9.17, 15) is 4.21 Å². The molecule has 1 saturated carbocycles. The van der Waals surface area contributed by atoms with E-state index < -0.39 is 10.8 Å². The van der Waals surface area contributed by atoms with Gasteiger partial charge in [-0.05, 0) is 31.9 Å². The number of nitrogens with one attached hydrogen (secondary N) is 1. The molecule has 0 spiro atoms. The molecule has 1 aromatic heterocycles. The van der Waals surface area contributed by atoms with Gasteiger partial charge in [-0.1, -0.05) is 12.8 Å². The Kier molecular flexibility index (Phi) is 5.38. The van der Waals surface area contributed by atoms with Gasteiger partial charge in [-0.3, -0.25) is 8.89 Å². The van der Waals surface area contributed by atoms with Gasteiger partial charge in [0.15, 0.2) is 0 Å². The molecule has 1 atom stereocenters. The van der Waals surface area contributed by atoms with Crippen LogP contribution in [0.5, 0.6) is 0 Å². The monoisotopic (exact) mass is 269 g/mol.